The summed E-state index contributed by atoms with van der Waals surface area (Å²) < 4.78 is 15.3. The lowest BCUT2D eigenvalue weighted by Gasteiger charge is -1.91. The summed E-state index contributed by atoms with van der Waals surface area (Å²) in [5.41, 5.74) is 1.82. The highest BCUT2D eigenvalue weighted by atomic mass is 19.1. The molecule has 0 fully saturated rings. The Morgan fingerprint density at radius 1 is 1.22 bits per heavy atom. The fourth-order valence-corrected chi connectivity index (χ4v) is 2.05. The predicted molar refractivity (Wildman–Crippen MR) is 65.8 cm³/mol. The van der Waals surface area contributed by atoms with Crippen LogP contribution in [0.3, 0.4) is 0 Å². The first-order chi connectivity index (χ1) is 8.74. The summed E-state index contributed by atoms with van der Waals surface area (Å²) in [6.45, 7) is 0.718. The van der Waals surface area contributed by atoms with Gasteiger partial charge in [-0.2, -0.15) is 0 Å². The molecule has 0 radical (unpaired) electrons. The Kier molecular flexibility index (Phi) is 2.49. The van der Waals surface area contributed by atoms with Crippen molar-refractivity contribution in [3.63, 3.8) is 0 Å². The molecular weight excluding hydrogens is 229 g/mol. The molecule has 0 aliphatic carbocycles. The second kappa shape index (κ2) is 4.15. The molecule has 1 aromatic carbocycles. The zero-order valence-corrected chi connectivity index (χ0v) is 9.61. The topological polar surface area (TPSA) is 22.0 Å². The fraction of sp³-hybridized carbons (Fsp3) is 0.133. The highest BCUT2D eigenvalue weighted by Crippen LogP contribution is 2.17. The van der Waals surface area contributed by atoms with Crippen LogP contribution in [-0.4, -0.2) is 10.4 Å². The van der Waals surface area contributed by atoms with Crippen LogP contribution in [0.15, 0.2) is 36.5 Å². The van der Waals surface area contributed by atoms with E-state index in [0.29, 0.717) is 17.7 Å². The Balaban J connectivity index is 1.93. The van der Waals surface area contributed by atoms with Crippen LogP contribution >= 0.6 is 0 Å². The first-order valence-electron chi connectivity index (χ1n) is 5.74. The number of hydrogen-bond acceptors (Lipinski definition) is 1. The summed E-state index contributed by atoms with van der Waals surface area (Å²) in [6.07, 6.45) is 2.41. The number of carbonyl (C=O) groups is 1. The van der Waals surface area contributed by atoms with Gasteiger partial charge in [0.05, 0.1) is 11.3 Å². The van der Waals surface area contributed by atoms with E-state index in [4.69, 9.17) is 0 Å². The van der Waals surface area contributed by atoms with Crippen LogP contribution in [-0.2, 0) is 6.54 Å². The van der Waals surface area contributed by atoms with Gasteiger partial charge in [-0.1, -0.05) is 24.0 Å². The molecular formula is C15H10FNO. The molecule has 2 nitrogen and oxygen atoms in total. The minimum absolute atomic E-state index is 0.147. The van der Waals surface area contributed by atoms with Gasteiger partial charge in [-0.05, 0) is 18.2 Å². The van der Waals surface area contributed by atoms with Crippen molar-refractivity contribution < 1.29 is 9.18 Å². The van der Waals surface area contributed by atoms with Crippen LogP contribution in [0, 0.1) is 17.7 Å². The average molecular weight is 239 g/mol. The van der Waals surface area contributed by atoms with Gasteiger partial charge in [-0.25, -0.2) is 4.39 Å². The van der Waals surface area contributed by atoms with Gasteiger partial charge in [-0.3, -0.25) is 4.79 Å². The number of Topliss-reactive ketones (excluding diaryl/α,β-unsaturated/α-hetero) is 1. The SMILES string of the molecule is O=C1CCn2cc(C#Cc3ccccc3F)cc21. The van der Waals surface area contributed by atoms with Crippen molar-refractivity contribution in [3.05, 3.63) is 59.2 Å². The van der Waals surface area contributed by atoms with Gasteiger partial charge in [0.15, 0.2) is 5.78 Å². The molecule has 0 unspecified atom stereocenters. The van der Waals surface area contributed by atoms with Crippen LogP contribution < -0.4 is 0 Å². The van der Waals surface area contributed by atoms with Crippen molar-refractivity contribution in [1.82, 2.24) is 4.57 Å². The lowest BCUT2D eigenvalue weighted by molar-refractivity contribution is 0.0994. The molecule has 0 atom stereocenters. The van der Waals surface area contributed by atoms with Crippen molar-refractivity contribution in [3.8, 4) is 11.8 Å². The second-order valence-corrected chi connectivity index (χ2v) is 4.21. The average Bonchev–Trinajstić information content (AvgIpc) is 2.91. The Bertz CT molecular complexity index is 688. The van der Waals surface area contributed by atoms with Crippen LogP contribution in [0.1, 0.15) is 28.0 Å². The Morgan fingerprint density at radius 2 is 2.06 bits per heavy atom. The van der Waals surface area contributed by atoms with Crippen LogP contribution in [0.2, 0.25) is 0 Å². The maximum atomic E-state index is 13.4. The summed E-state index contributed by atoms with van der Waals surface area (Å²) in [5, 5.41) is 0. The molecule has 0 bridgehead atoms. The van der Waals surface area contributed by atoms with Crippen LogP contribution in [0.4, 0.5) is 4.39 Å². The monoisotopic (exact) mass is 239 g/mol. The Hall–Kier alpha value is -2.34. The number of benzene rings is 1. The lowest BCUT2D eigenvalue weighted by Crippen LogP contribution is -1.89. The molecule has 0 spiro atoms. The van der Waals surface area contributed by atoms with Gasteiger partial charge >= 0.3 is 0 Å². The van der Waals surface area contributed by atoms with Crippen LogP contribution in [0.5, 0.6) is 0 Å². The minimum atomic E-state index is -0.326. The molecule has 1 aliphatic heterocycles. The third-order valence-corrected chi connectivity index (χ3v) is 2.98. The molecule has 88 valence electrons. The second-order valence-electron chi connectivity index (χ2n) is 4.21. The molecule has 1 aliphatic rings. The quantitative estimate of drug-likeness (QED) is 0.648. The molecule has 3 rings (SSSR count). The van der Waals surface area contributed by atoms with E-state index >= 15 is 0 Å². The molecule has 0 N–H and O–H groups in total. The first-order valence-corrected chi connectivity index (χ1v) is 5.74. The van der Waals surface area contributed by atoms with E-state index in [2.05, 4.69) is 11.8 Å². The normalized spacial score (nSPS) is 13.1. The van der Waals surface area contributed by atoms with E-state index in [1.165, 1.54) is 6.07 Å². The van der Waals surface area contributed by atoms with Crippen LogP contribution in [0.25, 0.3) is 0 Å². The Morgan fingerprint density at radius 3 is 2.83 bits per heavy atom. The highest BCUT2D eigenvalue weighted by Gasteiger charge is 2.19. The van der Waals surface area contributed by atoms with E-state index in [1.54, 1.807) is 24.3 Å². The number of halogens is 1. The number of fused-ring (bicyclic) bond motifs is 1. The van der Waals surface area contributed by atoms with Gasteiger partial charge in [0.2, 0.25) is 0 Å². The summed E-state index contributed by atoms with van der Waals surface area (Å²) in [5.74, 6) is 5.49. The van der Waals surface area contributed by atoms with Gasteiger partial charge in [0.25, 0.3) is 0 Å². The molecule has 3 heteroatoms. The number of ketones is 1. The molecule has 2 aromatic rings. The van der Waals surface area contributed by atoms with E-state index < -0.39 is 0 Å². The number of rotatable bonds is 0. The zero-order chi connectivity index (χ0) is 12.5. The molecule has 0 amide bonds. The van der Waals surface area contributed by atoms with Crippen molar-refractivity contribution in [2.45, 2.75) is 13.0 Å². The van der Waals surface area contributed by atoms with Gasteiger partial charge in [-0.15, -0.1) is 0 Å². The van der Waals surface area contributed by atoms with Crippen molar-refractivity contribution >= 4 is 5.78 Å². The maximum Gasteiger partial charge on any atom is 0.181 e. The van der Waals surface area contributed by atoms with Crippen molar-refractivity contribution in [2.24, 2.45) is 0 Å². The van der Waals surface area contributed by atoms with E-state index in [-0.39, 0.29) is 11.6 Å². The molecule has 0 saturated carbocycles. The third kappa shape index (κ3) is 1.82. The number of nitrogens with zero attached hydrogens (tertiary/aromatic N) is 1. The molecule has 2 heterocycles. The van der Waals surface area contributed by atoms with Gasteiger partial charge in [0.1, 0.15) is 5.82 Å². The standard InChI is InChI=1S/C15H10FNO/c16-13-4-2-1-3-12(13)6-5-11-9-14-15(18)7-8-17(14)10-11/h1-4,9-10H,7-8H2. The Labute approximate surface area is 104 Å². The van der Waals surface area contributed by atoms with Gasteiger partial charge in [0, 0.05) is 24.7 Å². The third-order valence-electron chi connectivity index (χ3n) is 2.98. The van der Waals surface area contributed by atoms with E-state index in [1.807, 2.05) is 10.8 Å². The smallest absolute Gasteiger partial charge is 0.181 e. The molecule has 18 heavy (non-hydrogen) atoms. The minimum Gasteiger partial charge on any atom is -0.343 e. The van der Waals surface area contributed by atoms with Crippen molar-refractivity contribution in [2.75, 3.05) is 0 Å². The van der Waals surface area contributed by atoms with Crippen molar-refractivity contribution in [1.29, 1.82) is 0 Å². The molecule has 0 saturated heterocycles. The number of hydrogen-bond donors (Lipinski definition) is 0. The fourth-order valence-electron chi connectivity index (χ4n) is 2.05. The first kappa shape index (κ1) is 10.8. The largest absolute Gasteiger partial charge is 0.343 e. The lowest BCUT2D eigenvalue weighted by atomic mass is 10.2. The summed E-state index contributed by atoms with van der Waals surface area (Å²) in [4.78, 5) is 11.5. The number of aryl methyl sites for hydroxylation is 1. The van der Waals surface area contributed by atoms with E-state index in [9.17, 15) is 9.18 Å². The predicted octanol–water partition coefficient (Wildman–Crippen LogP) is 2.61. The summed E-state index contributed by atoms with van der Waals surface area (Å²) in [6, 6.07) is 8.16. The molecule has 1 aromatic heterocycles. The highest BCUT2D eigenvalue weighted by molar-refractivity contribution is 5.96. The zero-order valence-electron chi connectivity index (χ0n) is 9.61. The summed E-state index contributed by atoms with van der Waals surface area (Å²) in [7, 11) is 0. The maximum absolute atomic E-state index is 13.4. The van der Waals surface area contributed by atoms with Gasteiger partial charge < -0.3 is 4.57 Å². The number of carbonyl (C=O) groups excluding carboxylic acids is 1. The number of aromatic nitrogens is 1. The van der Waals surface area contributed by atoms with E-state index in [0.717, 1.165) is 12.1 Å². The summed E-state index contributed by atoms with van der Waals surface area (Å²) >= 11 is 0.